The Kier molecular flexibility index (Phi) is 4.65. The molecule has 0 aromatic heterocycles. The zero-order chi connectivity index (χ0) is 14.7. The number of methoxy groups -OCH3 is 1. The molecule has 2 atom stereocenters. The highest BCUT2D eigenvalue weighted by Gasteiger charge is 2.23. The molecule has 2 rings (SSSR count). The highest BCUT2D eigenvalue weighted by Crippen LogP contribution is 2.27. The third kappa shape index (κ3) is 3.31. The summed E-state index contributed by atoms with van der Waals surface area (Å²) in [5.74, 6) is 1.72. The maximum atomic E-state index is 7.57. The molecule has 4 heteroatoms. The summed E-state index contributed by atoms with van der Waals surface area (Å²) < 4.78 is 5.45. The van der Waals surface area contributed by atoms with Gasteiger partial charge in [0.15, 0.2) is 0 Å². The first-order valence-electron chi connectivity index (χ1n) is 7.26. The van der Waals surface area contributed by atoms with Gasteiger partial charge in [-0.3, -0.25) is 10.3 Å². The van der Waals surface area contributed by atoms with Gasteiger partial charge in [0.05, 0.1) is 7.11 Å². The van der Waals surface area contributed by atoms with Crippen molar-refractivity contribution >= 4 is 5.84 Å². The van der Waals surface area contributed by atoms with Crippen molar-refractivity contribution < 1.29 is 4.74 Å². The van der Waals surface area contributed by atoms with E-state index in [0.29, 0.717) is 6.04 Å². The van der Waals surface area contributed by atoms with Crippen LogP contribution in [0.3, 0.4) is 0 Å². The minimum Gasteiger partial charge on any atom is -0.496 e. The second-order valence-electron chi connectivity index (χ2n) is 5.90. The van der Waals surface area contributed by atoms with Crippen LogP contribution >= 0.6 is 0 Å². The summed E-state index contributed by atoms with van der Waals surface area (Å²) in [7, 11) is 1.69. The highest BCUT2D eigenvalue weighted by atomic mass is 16.5. The van der Waals surface area contributed by atoms with Crippen LogP contribution in [0.2, 0.25) is 0 Å². The standard InChI is InChI=1S/C16H25N3O/c1-11-4-5-12(2)19(9-11)10-14-8-13(16(17)18)6-7-15(14)20-3/h6-8,11-12H,4-5,9-10H2,1-3H3,(H3,17,18). The second kappa shape index (κ2) is 6.27. The second-order valence-corrected chi connectivity index (χ2v) is 5.90. The van der Waals surface area contributed by atoms with Gasteiger partial charge in [-0.2, -0.15) is 0 Å². The lowest BCUT2D eigenvalue weighted by molar-refractivity contribution is 0.116. The van der Waals surface area contributed by atoms with Crippen LogP contribution in [0.4, 0.5) is 0 Å². The number of amidine groups is 1. The summed E-state index contributed by atoms with van der Waals surface area (Å²) in [6.45, 7) is 6.57. The SMILES string of the molecule is COc1ccc(C(=N)N)cc1CN1CC(C)CCC1C. The number of rotatable bonds is 4. The van der Waals surface area contributed by atoms with E-state index in [1.54, 1.807) is 7.11 Å². The van der Waals surface area contributed by atoms with Crippen LogP contribution in [0.5, 0.6) is 5.75 Å². The Hall–Kier alpha value is -1.55. The van der Waals surface area contributed by atoms with E-state index in [1.165, 1.54) is 12.8 Å². The number of likely N-dealkylation sites (tertiary alicyclic amines) is 1. The number of hydrogen-bond acceptors (Lipinski definition) is 3. The molecule has 1 heterocycles. The van der Waals surface area contributed by atoms with E-state index < -0.39 is 0 Å². The Balaban J connectivity index is 2.22. The fourth-order valence-electron chi connectivity index (χ4n) is 2.89. The van der Waals surface area contributed by atoms with Gasteiger partial charge in [0.25, 0.3) is 0 Å². The highest BCUT2D eigenvalue weighted by molar-refractivity contribution is 5.95. The number of ether oxygens (including phenoxy) is 1. The van der Waals surface area contributed by atoms with Crippen molar-refractivity contribution in [1.82, 2.24) is 4.90 Å². The van der Waals surface area contributed by atoms with E-state index in [0.717, 1.165) is 35.9 Å². The molecule has 2 unspecified atom stereocenters. The molecular weight excluding hydrogens is 250 g/mol. The molecule has 3 N–H and O–H groups in total. The largest absolute Gasteiger partial charge is 0.496 e. The molecule has 0 aliphatic carbocycles. The quantitative estimate of drug-likeness (QED) is 0.656. The maximum Gasteiger partial charge on any atom is 0.123 e. The third-order valence-corrected chi connectivity index (χ3v) is 4.21. The van der Waals surface area contributed by atoms with Gasteiger partial charge in [-0.25, -0.2) is 0 Å². The molecule has 0 spiro atoms. The summed E-state index contributed by atoms with van der Waals surface area (Å²) in [4.78, 5) is 2.50. The lowest BCUT2D eigenvalue weighted by Gasteiger charge is -2.37. The molecule has 20 heavy (non-hydrogen) atoms. The number of nitrogen functional groups attached to an aromatic ring is 1. The number of nitrogens with zero attached hydrogens (tertiary/aromatic N) is 1. The van der Waals surface area contributed by atoms with E-state index in [4.69, 9.17) is 15.9 Å². The van der Waals surface area contributed by atoms with Crippen LogP contribution in [0, 0.1) is 11.3 Å². The molecule has 1 aliphatic rings. The van der Waals surface area contributed by atoms with Gasteiger partial charge < -0.3 is 10.5 Å². The zero-order valence-electron chi connectivity index (χ0n) is 12.6. The molecule has 110 valence electrons. The topological polar surface area (TPSA) is 62.3 Å². The Bertz CT molecular complexity index is 487. The normalized spacial score (nSPS) is 23.6. The summed E-state index contributed by atoms with van der Waals surface area (Å²) in [6, 6.07) is 6.32. The number of hydrogen-bond donors (Lipinski definition) is 2. The lowest BCUT2D eigenvalue weighted by Crippen LogP contribution is -2.40. The molecule has 4 nitrogen and oxygen atoms in total. The van der Waals surface area contributed by atoms with Crippen molar-refractivity contribution in [3.8, 4) is 5.75 Å². The Morgan fingerprint density at radius 1 is 1.40 bits per heavy atom. The number of nitrogens with one attached hydrogen (secondary N) is 1. The summed E-state index contributed by atoms with van der Waals surface area (Å²) in [5, 5.41) is 7.57. The van der Waals surface area contributed by atoms with Gasteiger partial charge >= 0.3 is 0 Å². The first-order valence-corrected chi connectivity index (χ1v) is 7.26. The van der Waals surface area contributed by atoms with Gasteiger partial charge in [0.2, 0.25) is 0 Å². The van der Waals surface area contributed by atoms with Gasteiger partial charge in [-0.05, 0) is 43.9 Å². The van der Waals surface area contributed by atoms with Crippen LogP contribution < -0.4 is 10.5 Å². The number of nitrogens with two attached hydrogens (primary N) is 1. The monoisotopic (exact) mass is 275 g/mol. The van der Waals surface area contributed by atoms with E-state index in [2.05, 4.69) is 18.7 Å². The first-order chi connectivity index (χ1) is 9.51. The van der Waals surface area contributed by atoms with E-state index in [9.17, 15) is 0 Å². The van der Waals surface area contributed by atoms with Crippen LogP contribution in [0.1, 0.15) is 37.8 Å². The van der Waals surface area contributed by atoms with Crippen molar-refractivity contribution in [3.05, 3.63) is 29.3 Å². The first kappa shape index (κ1) is 14.9. The predicted octanol–water partition coefficient (Wildman–Crippen LogP) is 2.60. The summed E-state index contributed by atoms with van der Waals surface area (Å²) >= 11 is 0. The average Bonchev–Trinajstić information content (AvgIpc) is 2.42. The minimum absolute atomic E-state index is 0.106. The van der Waals surface area contributed by atoms with Crippen molar-refractivity contribution in [3.63, 3.8) is 0 Å². The Morgan fingerprint density at radius 2 is 2.15 bits per heavy atom. The van der Waals surface area contributed by atoms with Gasteiger partial charge in [0.1, 0.15) is 11.6 Å². The Labute approximate surface area is 121 Å². The number of benzene rings is 1. The molecule has 1 saturated heterocycles. The van der Waals surface area contributed by atoms with Crippen LogP contribution in [-0.2, 0) is 6.54 Å². The zero-order valence-corrected chi connectivity index (χ0v) is 12.6. The smallest absolute Gasteiger partial charge is 0.123 e. The Morgan fingerprint density at radius 3 is 2.80 bits per heavy atom. The van der Waals surface area contributed by atoms with Gasteiger partial charge in [-0.15, -0.1) is 0 Å². The van der Waals surface area contributed by atoms with E-state index in [-0.39, 0.29) is 5.84 Å². The van der Waals surface area contributed by atoms with Crippen LogP contribution in [0.25, 0.3) is 0 Å². The average molecular weight is 275 g/mol. The fourth-order valence-corrected chi connectivity index (χ4v) is 2.89. The molecule has 0 radical (unpaired) electrons. The van der Waals surface area contributed by atoms with Crippen LogP contribution in [-0.4, -0.2) is 30.4 Å². The fraction of sp³-hybridized carbons (Fsp3) is 0.562. The third-order valence-electron chi connectivity index (χ3n) is 4.21. The van der Waals surface area contributed by atoms with Crippen molar-refractivity contribution in [1.29, 1.82) is 5.41 Å². The molecule has 0 amide bonds. The summed E-state index contributed by atoms with van der Waals surface area (Å²) in [5.41, 5.74) is 7.46. The maximum absolute atomic E-state index is 7.57. The molecular formula is C16H25N3O. The van der Waals surface area contributed by atoms with E-state index >= 15 is 0 Å². The molecule has 0 bridgehead atoms. The predicted molar refractivity (Wildman–Crippen MR) is 82.3 cm³/mol. The van der Waals surface area contributed by atoms with Crippen molar-refractivity contribution in [2.75, 3.05) is 13.7 Å². The molecule has 1 aliphatic heterocycles. The summed E-state index contributed by atoms with van der Waals surface area (Å²) in [6.07, 6.45) is 2.55. The van der Waals surface area contributed by atoms with E-state index in [1.807, 2.05) is 18.2 Å². The lowest BCUT2D eigenvalue weighted by atomic mass is 9.94. The van der Waals surface area contributed by atoms with Gasteiger partial charge in [0, 0.05) is 30.3 Å². The van der Waals surface area contributed by atoms with Crippen molar-refractivity contribution in [2.45, 2.75) is 39.3 Å². The van der Waals surface area contributed by atoms with Gasteiger partial charge in [-0.1, -0.05) is 6.92 Å². The molecule has 1 aromatic rings. The minimum atomic E-state index is 0.106. The van der Waals surface area contributed by atoms with Crippen LogP contribution in [0.15, 0.2) is 18.2 Å². The number of piperidine rings is 1. The molecule has 1 fully saturated rings. The molecule has 1 aromatic carbocycles. The van der Waals surface area contributed by atoms with Crippen molar-refractivity contribution in [2.24, 2.45) is 11.7 Å². The molecule has 0 saturated carbocycles.